The van der Waals surface area contributed by atoms with E-state index in [0.29, 0.717) is 36.6 Å². The van der Waals surface area contributed by atoms with Gasteiger partial charge in [-0.05, 0) is 44.6 Å². The Hall–Kier alpha value is -1.30. The molecule has 0 radical (unpaired) electrons. The second-order valence-electron chi connectivity index (χ2n) is 5.74. The first-order chi connectivity index (χ1) is 11.1. The van der Waals surface area contributed by atoms with Crippen molar-refractivity contribution in [1.82, 2.24) is 15.1 Å². The summed E-state index contributed by atoms with van der Waals surface area (Å²) in [5, 5.41) is 3.61. The Kier molecular flexibility index (Phi) is 9.11. The van der Waals surface area contributed by atoms with E-state index in [1.807, 2.05) is 16.8 Å². The van der Waals surface area contributed by atoms with E-state index in [-0.39, 0.29) is 24.2 Å². The van der Waals surface area contributed by atoms with Gasteiger partial charge in [-0.25, -0.2) is 0 Å². The Bertz CT molecular complexity index is 554. The summed E-state index contributed by atoms with van der Waals surface area (Å²) in [5.74, 6) is 0.161. The molecule has 5 nitrogen and oxygen atoms in total. The van der Waals surface area contributed by atoms with Crippen LogP contribution in [0.1, 0.15) is 29.6 Å². The van der Waals surface area contributed by atoms with E-state index < -0.39 is 0 Å². The van der Waals surface area contributed by atoms with Crippen LogP contribution in [0.3, 0.4) is 0 Å². The quantitative estimate of drug-likeness (QED) is 0.806. The lowest BCUT2D eigenvalue weighted by Crippen LogP contribution is -2.37. The van der Waals surface area contributed by atoms with Crippen LogP contribution in [-0.4, -0.2) is 61.4 Å². The summed E-state index contributed by atoms with van der Waals surface area (Å²) in [6.45, 7) is 3.41. The van der Waals surface area contributed by atoms with Gasteiger partial charge in [0, 0.05) is 43.2 Å². The lowest BCUT2D eigenvalue weighted by molar-refractivity contribution is -0.131. The van der Waals surface area contributed by atoms with E-state index in [1.165, 1.54) is 0 Å². The first-order valence-corrected chi connectivity index (χ1v) is 8.47. The van der Waals surface area contributed by atoms with Gasteiger partial charge in [-0.1, -0.05) is 17.7 Å². The predicted molar refractivity (Wildman–Crippen MR) is 99.0 cm³/mol. The normalized spacial score (nSPS) is 14.8. The van der Waals surface area contributed by atoms with Gasteiger partial charge in [0.1, 0.15) is 0 Å². The SMILES string of the molecule is CNCCCC(=O)N1CCCN(C(=O)c2cccc(Cl)c2)CC1.Cl. The van der Waals surface area contributed by atoms with Crippen molar-refractivity contribution in [3.05, 3.63) is 34.9 Å². The Labute approximate surface area is 154 Å². The molecule has 0 aromatic heterocycles. The number of rotatable bonds is 5. The number of hydrogen-bond acceptors (Lipinski definition) is 3. The average Bonchev–Trinajstić information content (AvgIpc) is 2.80. The maximum absolute atomic E-state index is 12.5. The van der Waals surface area contributed by atoms with Crippen molar-refractivity contribution in [2.24, 2.45) is 0 Å². The molecule has 24 heavy (non-hydrogen) atoms. The van der Waals surface area contributed by atoms with E-state index in [4.69, 9.17) is 11.6 Å². The maximum Gasteiger partial charge on any atom is 0.253 e. The topological polar surface area (TPSA) is 52.7 Å². The summed E-state index contributed by atoms with van der Waals surface area (Å²) in [4.78, 5) is 28.4. The van der Waals surface area contributed by atoms with Crippen LogP contribution in [0.5, 0.6) is 0 Å². The van der Waals surface area contributed by atoms with Gasteiger partial charge in [-0.2, -0.15) is 0 Å². The van der Waals surface area contributed by atoms with Crippen LogP contribution in [0, 0.1) is 0 Å². The molecule has 0 spiro atoms. The van der Waals surface area contributed by atoms with Gasteiger partial charge in [0.15, 0.2) is 0 Å². The van der Waals surface area contributed by atoms with E-state index in [2.05, 4.69) is 5.32 Å². The minimum Gasteiger partial charge on any atom is -0.341 e. The highest BCUT2D eigenvalue weighted by Gasteiger charge is 2.22. The molecular formula is C17H25Cl2N3O2. The fourth-order valence-electron chi connectivity index (χ4n) is 2.75. The summed E-state index contributed by atoms with van der Waals surface area (Å²) < 4.78 is 0. The molecule has 0 unspecified atom stereocenters. The molecular weight excluding hydrogens is 349 g/mol. The fourth-order valence-corrected chi connectivity index (χ4v) is 2.94. The number of carbonyl (C=O) groups excluding carboxylic acids is 2. The highest BCUT2D eigenvalue weighted by Crippen LogP contribution is 2.14. The molecule has 1 N–H and O–H groups in total. The van der Waals surface area contributed by atoms with Crippen LogP contribution in [0.15, 0.2) is 24.3 Å². The molecule has 0 bridgehead atoms. The lowest BCUT2D eigenvalue weighted by Gasteiger charge is -2.22. The number of nitrogens with zero attached hydrogens (tertiary/aromatic N) is 2. The minimum atomic E-state index is -0.0167. The van der Waals surface area contributed by atoms with Gasteiger partial charge in [0.2, 0.25) is 5.91 Å². The van der Waals surface area contributed by atoms with Gasteiger partial charge in [-0.3, -0.25) is 9.59 Å². The fraction of sp³-hybridized carbons (Fsp3) is 0.529. The van der Waals surface area contributed by atoms with Crippen molar-refractivity contribution in [2.75, 3.05) is 39.8 Å². The predicted octanol–water partition coefficient (Wildman–Crippen LogP) is 2.44. The molecule has 2 amide bonds. The van der Waals surface area contributed by atoms with Gasteiger partial charge in [0.25, 0.3) is 5.91 Å². The molecule has 0 atom stereocenters. The molecule has 1 fully saturated rings. The lowest BCUT2D eigenvalue weighted by atomic mass is 10.2. The smallest absolute Gasteiger partial charge is 0.253 e. The number of carbonyl (C=O) groups is 2. The Morgan fingerprint density at radius 2 is 1.88 bits per heavy atom. The highest BCUT2D eigenvalue weighted by atomic mass is 35.5. The largest absolute Gasteiger partial charge is 0.341 e. The monoisotopic (exact) mass is 373 g/mol. The first kappa shape index (κ1) is 20.7. The van der Waals surface area contributed by atoms with Crippen LogP contribution in [0.2, 0.25) is 5.02 Å². The number of nitrogens with one attached hydrogen (secondary N) is 1. The van der Waals surface area contributed by atoms with Crippen LogP contribution in [-0.2, 0) is 4.79 Å². The van der Waals surface area contributed by atoms with Crippen LogP contribution in [0.25, 0.3) is 0 Å². The summed E-state index contributed by atoms with van der Waals surface area (Å²) in [5.41, 5.74) is 0.603. The van der Waals surface area contributed by atoms with Crippen molar-refractivity contribution in [3.63, 3.8) is 0 Å². The van der Waals surface area contributed by atoms with Crippen molar-refractivity contribution in [1.29, 1.82) is 0 Å². The maximum atomic E-state index is 12.5. The molecule has 2 rings (SSSR count). The summed E-state index contributed by atoms with van der Waals surface area (Å²) >= 11 is 5.96. The summed E-state index contributed by atoms with van der Waals surface area (Å²) in [7, 11) is 1.88. The minimum absolute atomic E-state index is 0. The number of amides is 2. The molecule has 7 heteroatoms. The van der Waals surface area contributed by atoms with E-state index >= 15 is 0 Å². The second kappa shape index (κ2) is 10.5. The zero-order valence-corrected chi connectivity index (χ0v) is 15.5. The number of benzene rings is 1. The molecule has 1 aliphatic rings. The van der Waals surface area contributed by atoms with E-state index in [1.54, 1.807) is 24.3 Å². The standard InChI is InChI=1S/C17H24ClN3O2.ClH/c1-19-8-3-7-16(22)20-9-4-10-21(12-11-20)17(23)14-5-2-6-15(18)13-14;/h2,5-6,13,19H,3-4,7-12H2,1H3;1H. The molecule has 1 saturated heterocycles. The Morgan fingerprint density at radius 3 is 2.58 bits per heavy atom. The third kappa shape index (κ3) is 5.96. The van der Waals surface area contributed by atoms with E-state index in [9.17, 15) is 9.59 Å². The zero-order valence-electron chi connectivity index (χ0n) is 14.0. The van der Waals surface area contributed by atoms with Crippen molar-refractivity contribution in [3.8, 4) is 0 Å². The van der Waals surface area contributed by atoms with Gasteiger partial charge >= 0.3 is 0 Å². The molecule has 0 saturated carbocycles. The number of halogens is 2. The molecule has 134 valence electrons. The van der Waals surface area contributed by atoms with Gasteiger partial charge in [-0.15, -0.1) is 12.4 Å². The average molecular weight is 374 g/mol. The van der Waals surface area contributed by atoms with Crippen molar-refractivity contribution >= 4 is 35.8 Å². The molecule has 1 heterocycles. The molecule has 1 aliphatic heterocycles. The second-order valence-corrected chi connectivity index (χ2v) is 6.18. The number of hydrogen-bond donors (Lipinski definition) is 1. The molecule has 1 aromatic carbocycles. The first-order valence-electron chi connectivity index (χ1n) is 8.09. The highest BCUT2D eigenvalue weighted by molar-refractivity contribution is 6.30. The summed E-state index contributed by atoms with van der Waals surface area (Å²) in [6, 6.07) is 7.01. The van der Waals surface area contributed by atoms with Gasteiger partial charge < -0.3 is 15.1 Å². The van der Waals surface area contributed by atoms with Crippen LogP contribution < -0.4 is 5.32 Å². The molecule has 1 aromatic rings. The van der Waals surface area contributed by atoms with Crippen LogP contribution >= 0.6 is 24.0 Å². The third-order valence-corrected chi connectivity index (χ3v) is 4.26. The Morgan fingerprint density at radius 1 is 1.17 bits per heavy atom. The Balaban J connectivity index is 0.00000288. The zero-order chi connectivity index (χ0) is 16.7. The van der Waals surface area contributed by atoms with Crippen molar-refractivity contribution < 1.29 is 9.59 Å². The van der Waals surface area contributed by atoms with Crippen molar-refractivity contribution in [2.45, 2.75) is 19.3 Å². The third-order valence-electron chi connectivity index (χ3n) is 4.02. The van der Waals surface area contributed by atoms with E-state index in [0.717, 1.165) is 25.9 Å². The molecule has 0 aliphatic carbocycles. The van der Waals surface area contributed by atoms with Crippen LogP contribution in [0.4, 0.5) is 0 Å². The summed E-state index contributed by atoms with van der Waals surface area (Å²) in [6.07, 6.45) is 2.21. The van der Waals surface area contributed by atoms with Gasteiger partial charge in [0.05, 0.1) is 0 Å².